The molecule has 0 aliphatic heterocycles. The Bertz CT molecular complexity index is 1220. The van der Waals surface area contributed by atoms with Crippen LogP contribution in [0.2, 0.25) is 0 Å². The van der Waals surface area contributed by atoms with Crippen molar-refractivity contribution in [3.05, 3.63) is 35.9 Å². The molecule has 1 aromatic rings. The highest BCUT2D eigenvalue weighted by Gasteiger charge is 2.34. The van der Waals surface area contributed by atoms with Gasteiger partial charge in [-0.1, -0.05) is 30.3 Å². The van der Waals surface area contributed by atoms with Crippen LogP contribution in [0.1, 0.15) is 80.7 Å². The van der Waals surface area contributed by atoms with E-state index in [1.165, 1.54) is 0 Å². The third kappa shape index (κ3) is 18.5. The monoisotopic (exact) mass is 680 g/mol. The van der Waals surface area contributed by atoms with Gasteiger partial charge in [-0.25, -0.2) is 19.2 Å². The summed E-state index contributed by atoms with van der Waals surface area (Å²) in [6.07, 6.45) is -4.76. The minimum Gasteiger partial charge on any atom is -0.445 e. The van der Waals surface area contributed by atoms with Gasteiger partial charge in [0.1, 0.15) is 29.5 Å². The molecule has 0 heterocycles. The maximum atomic E-state index is 13.1. The highest BCUT2D eigenvalue weighted by atomic mass is 16.6. The Morgan fingerprint density at radius 2 is 1.33 bits per heavy atom. The molecule has 16 heteroatoms. The van der Waals surface area contributed by atoms with E-state index in [1.54, 1.807) is 86.6 Å². The number of nitrogens with zero attached hydrogens (tertiary/aromatic N) is 2. The van der Waals surface area contributed by atoms with Crippen molar-refractivity contribution in [1.29, 1.82) is 0 Å². The van der Waals surface area contributed by atoms with Gasteiger partial charge in [-0.15, -0.1) is 4.90 Å². The SMILES string of the molecule is CC(C)(C)OC(=O)NCC(O)CNC(=O)[C@H](CCCN=C(N)N(C(=O)OC(C)(C)C)C(=O)OC(C)(C)C)NC(=O)OCc1ccccc1. The number of alkyl carbamates (subject to hydrolysis) is 2. The summed E-state index contributed by atoms with van der Waals surface area (Å²) in [5.74, 6) is -1.14. The van der Waals surface area contributed by atoms with E-state index in [-0.39, 0.29) is 39.1 Å². The molecule has 6 N–H and O–H groups in total. The highest BCUT2D eigenvalue weighted by molar-refractivity contribution is 6.07. The molecule has 0 aliphatic carbocycles. The second-order valence-electron chi connectivity index (χ2n) is 13.7. The van der Waals surface area contributed by atoms with Crippen molar-refractivity contribution in [2.24, 2.45) is 10.7 Å². The average Bonchev–Trinajstić information content (AvgIpc) is 2.93. The predicted molar refractivity (Wildman–Crippen MR) is 177 cm³/mol. The molecule has 0 radical (unpaired) electrons. The van der Waals surface area contributed by atoms with Crippen LogP contribution in [0.5, 0.6) is 0 Å². The van der Waals surface area contributed by atoms with Gasteiger partial charge in [0.15, 0.2) is 0 Å². The van der Waals surface area contributed by atoms with Crippen LogP contribution in [-0.4, -0.2) is 94.8 Å². The summed E-state index contributed by atoms with van der Waals surface area (Å²) in [4.78, 5) is 67.7. The molecule has 270 valence electrons. The fourth-order valence-corrected chi connectivity index (χ4v) is 3.54. The van der Waals surface area contributed by atoms with Gasteiger partial charge in [0.25, 0.3) is 0 Å². The number of rotatable bonds is 12. The standard InChI is InChI=1S/C32H52N6O10/c1-30(2,3)46-26(41)36-19-22(39)18-35-24(40)23(37-27(42)45-20-21-14-11-10-12-15-21)16-13-17-34-25(33)38(28(43)47-31(4,5)6)29(44)48-32(7,8)9/h10-12,14-15,22-23,39H,13,16-20H2,1-9H3,(H2,33,34)(H,35,40)(H,36,41)(H,37,42)/t22?,23-/m0/s1. The van der Waals surface area contributed by atoms with Crippen molar-refractivity contribution in [2.45, 2.75) is 111 Å². The van der Waals surface area contributed by atoms with Crippen molar-refractivity contribution in [3.8, 4) is 0 Å². The minimum absolute atomic E-state index is 0.0220. The van der Waals surface area contributed by atoms with Gasteiger partial charge >= 0.3 is 24.4 Å². The molecule has 0 aliphatic rings. The van der Waals surface area contributed by atoms with Crippen molar-refractivity contribution in [2.75, 3.05) is 19.6 Å². The number of carbonyl (C=O) groups excluding carboxylic acids is 5. The predicted octanol–water partition coefficient (Wildman–Crippen LogP) is 3.55. The van der Waals surface area contributed by atoms with Gasteiger partial charge < -0.3 is 45.7 Å². The van der Waals surface area contributed by atoms with Crippen molar-refractivity contribution in [3.63, 3.8) is 0 Å². The number of aliphatic hydroxyl groups excluding tert-OH is 1. The van der Waals surface area contributed by atoms with Crippen LogP contribution in [0.4, 0.5) is 19.2 Å². The Morgan fingerprint density at radius 3 is 1.85 bits per heavy atom. The molecular weight excluding hydrogens is 628 g/mol. The van der Waals surface area contributed by atoms with Crippen LogP contribution >= 0.6 is 0 Å². The molecule has 1 unspecified atom stereocenters. The Kier molecular flexibility index (Phi) is 16.1. The number of aliphatic imine (C=N–C) groups is 1. The molecule has 5 amide bonds. The number of carbonyl (C=O) groups is 5. The summed E-state index contributed by atoms with van der Waals surface area (Å²) in [6.45, 7) is 14.2. The van der Waals surface area contributed by atoms with Crippen LogP contribution in [-0.2, 0) is 30.3 Å². The molecule has 1 rings (SSSR count). The van der Waals surface area contributed by atoms with Gasteiger partial charge in [0.2, 0.25) is 11.9 Å². The summed E-state index contributed by atoms with van der Waals surface area (Å²) in [6, 6.07) is 7.79. The molecule has 0 aromatic heterocycles. The average molecular weight is 681 g/mol. The number of aliphatic hydroxyl groups is 1. The number of nitrogens with two attached hydrogens (primary N) is 1. The number of imide groups is 1. The lowest BCUT2D eigenvalue weighted by Gasteiger charge is -2.28. The first-order valence-corrected chi connectivity index (χ1v) is 15.5. The zero-order chi connectivity index (χ0) is 36.7. The lowest BCUT2D eigenvalue weighted by Crippen LogP contribution is -2.50. The third-order valence-corrected chi connectivity index (χ3v) is 5.52. The molecule has 48 heavy (non-hydrogen) atoms. The lowest BCUT2D eigenvalue weighted by atomic mass is 10.1. The van der Waals surface area contributed by atoms with Crippen LogP contribution in [0.3, 0.4) is 0 Å². The largest absolute Gasteiger partial charge is 0.445 e. The summed E-state index contributed by atoms with van der Waals surface area (Å²) in [7, 11) is 0. The first-order valence-electron chi connectivity index (χ1n) is 15.5. The first-order chi connectivity index (χ1) is 22.1. The van der Waals surface area contributed by atoms with Crippen molar-refractivity contribution >= 4 is 36.2 Å². The highest BCUT2D eigenvalue weighted by Crippen LogP contribution is 2.15. The van der Waals surface area contributed by atoms with E-state index >= 15 is 0 Å². The quantitative estimate of drug-likeness (QED) is 0.0930. The molecular formula is C32H52N6O10. The number of hydrogen-bond donors (Lipinski definition) is 5. The zero-order valence-corrected chi connectivity index (χ0v) is 29.4. The second kappa shape index (κ2) is 18.7. The Hall–Kier alpha value is -4.60. The van der Waals surface area contributed by atoms with Crippen LogP contribution in [0.25, 0.3) is 0 Å². The lowest BCUT2D eigenvalue weighted by molar-refractivity contribution is -0.123. The maximum Gasteiger partial charge on any atom is 0.427 e. The zero-order valence-electron chi connectivity index (χ0n) is 29.4. The summed E-state index contributed by atoms with van der Waals surface area (Å²) in [5.41, 5.74) is 4.13. The van der Waals surface area contributed by atoms with Crippen LogP contribution in [0, 0.1) is 0 Å². The molecule has 1 aromatic carbocycles. The smallest absolute Gasteiger partial charge is 0.427 e. The van der Waals surface area contributed by atoms with Crippen molar-refractivity contribution in [1.82, 2.24) is 20.9 Å². The number of ether oxygens (including phenoxy) is 4. The third-order valence-electron chi connectivity index (χ3n) is 5.52. The molecule has 0 saturated carbocycles. The number of hydrogen-bond acceptors (Lipinski definition) is 11. The first kappa shape index (κ1) is 41.4. The normalized spacial score (nSPS) is 13.3. The number of nitrogens with one attached hydrogen (secondary N) is 3. The second-order valence-corrected chi connectivity index (χ2v) is 13.7. The maximum absolute atomic E-state index is 13.1. The van der Waals surface area contributed by atoms with E-state index in [1.807, 2.05) is 6.07 Å². The van der Waals surface area contributed by atoms with Crippen molar-refractivity contribution < 1.29 is 48.0 Å². The van der Waals surface area contributed by atoms with E-state index in [0.717, 1.165) is 5.56 Å². The topological polar surface area (TPSA) is 220 Å². The van der Waals surface area contributed by atoms with E-state index in [0.29, 0.717) is 4.90 Å². The summed E-state index contributed by atoms with van der Waals surface area (Å²) >= 11 is 0. The molecule has 0 saturated heterocycles. The van der Waals surface area contributed by atoms with Crippen LogP contribution < -0.4 is 21.7 Å². The van der Waals surface area contributed by atoms with E-state index < -0.39 is 65.2 Å². The molecule has 0 fully saturated rings. The Morgan fingerprint density at radius 1 is 0.812 bits per heavy atom. The molecule has 0 bridgehead atoms. The van der Waals surface area contributed by atoms with E-state index in [2.05, 4.69) is 20.9 Å². The van der Waals surface area contributed by atoms with E-state index in [9.17, 15) is 29.1 Å². The minimum atomic E-state index is -1.16. The van der Waals surface area contributed by atoms with Crippen LogP contribution in [0.15, 0.2) is 35.3 Å². The number of amides is 5. The summed E-state index contributed by atoms with van der Waals surface area (Å²) < 4.78 is 21.0. The molecule has 0 spiro atoms. The van der Waals surface area contributed by atoms with Gasteiger partial charge in [-0.3, -0.25) is 9.79 Å². The Labute approximate surface area is 282 Å². The fourth-order valence-electron chi connectivity index (χ4n) is 3.54. The van der Waals surface area contributed by atoms with Gasteiger partial charge in [0, 0.05) is 19.6 Å². The Balaban J connectivity index is 2.95. The molecule has 2 atom stereocenters. The summed E-state index contributed by atoms with van der Waals surface area (Å²) in [5, 5.41) is 17.7. The van der Waals surface area contributed by atoms with Gasteiger partial charge in [-0.05, 0) is 80.7 Å². The number of benzene rings is 1. The van der Waals surface area contributed by atoms with Gasteiger partial charge in [-0.2, -0.15) is 0 Å². The fraction of sp³-hybridized carbons (Fsp3) is 0.625. The van der Waals surface area contributed by atoms with Gasteiger partial charge in [0.05, 0.1) is 6.10 Å². The number of guanidine groups is 1. The van der Waals surface area contributed by atoms with E-state index in [4.69, 9.17) is 24.7 Å². The molecule has 16 nitrogen and oxygen atoms in total.